The molecule has 0 amide bonds. The Kier molecular flexibility index (Phi) is 15.0. The SMILES string of the molecule is C=CC(=O)OC(COCCCC)COc1cc(Cl)c(OCC(COCCCC)OC(=O)C=C)c2ccccc12. The Balaban J connectivity index is 2.18. The van der Waals surface area contributed by atoms with Crippen LogP contribution in [0.15, 0.2) is 55.6 Å². The average Bonchev–Trinajstić information content (AvgIpc) is 2.95. The van der Waals surface area contributed by atoms with Gasteiger partial charge in [0, 0.05) is 42.2 Å². The Morgan fingerprint density at radius 3 is 1.85 bits per heavy atom. The van der Waals surface area contributed by atoms with Gasteiger partial charge in [-0.3, -0.25) is 0 Å². The highest BCUT2D eigenvalue weighted by atomic mass is 35.5. The summed E-state index contributed by atoms with van der Waals surface area (Å²) < 4.78 is 34.2. The van der Waals surface area contributed by atoms with Crippen molar-refractivity contribution in [3.05, 3.63) is 60.7 Å². The molecule has 2 aromatic carbocycles. The summed E-state index contributed by atoms with van der Waals surface area (Å²) in [6.07, 6.45) is 4.72. The summed E-state index contributed by atoms with van der Waals surface area (Å²) in [5.74, 6) is -0.202. The number of benzene rings is 2. The third-order valence-electron chi connectivity index (χ3n) is 5.54. The molecule has 0 aliphatic rings. The van der Waals surface area contributed by atoms with Gasteiger partial charge in [-0.1, -0.05) is 75.7 Å². The maximum absolute atomic E-state index is 11.8. The zero-order valence-electron chi connectivity index (χ0n) is 22.8. The van der Waals surface area contributed by atoms with E-state index in [2.05, 4.69) is 27.0 Å². The first-order chi connectivity index (χ1) is 18.9. The predicted molar refractivity (Wildman–Crippen MR) is 152 cm³/mol. The van der Waals surface area contributed by atoms with Crippen LogP contribution in [0.25, 0.3) is 10.8 Å². The van der Waals surface area contributed by atoms with Gasteiger partial charge in [-0.25, -0.2) is 9.59 Å². The van der Waals surface area contributed by atoms with Gasteiger partial charge in [0.25, 0.3) is 0 Å². The number of hydrogen-bond donors (Lipinski definition) is 0. The quantitative estimate of drug-likeness (QED) is 0.109. The minimum Gasteiger partial charge on any atom is -0.489 e. The summed E-state index contributed by atoms with van der Waals surface area (Å²) >= 11 is 6.63. The fourth-order valence-corrected chi connectivity index (χ4v) is 3.74. The Morgan fingerprint density at radius 2 is 1.33 bits per heavy atom. The molecule has 9 heteroatoms. The molecule has 2 unspecified atom stereocenters. The van der Waals surface area contributed by atoms with Gasteiger partial charge in [0.15, 0.2) is 12.2 Å². The third-order valence-corrected chi connectivity index (χ3v) is 5.82. The van der Waals surface area contributed by atoms with Crippen molar-refractivity contribution in [2.24, 2.45) is 0 Å². The number of rotatable bonds is 20. The molecule has 0 aliphatic heterocycles. The highest BCUT2D eigenvalue weighted by Gasteiger charge is 2.20. The van der Waals surface area contributed by atoms with Gasteiger partial charge in [-0.05, 0) is 12.8 Å². The van der Waals surface area contributed by atoms with Crippen molar-refractivity contribution in [1.82, 2.24) is 0 Å². The molecule has 0 aliphatic carbocycles. The minimum atomic E-state index is -0.647. The molecule has 214 valence electrons. The van der Waals surface area contributed by atoms with Gasteiger partial charge in [-0.15, -0.1) is 0 Å². The lowest BCUT2D eigenvalue weighted by Gasteiger charge is -2.21. The van der Waals surface area contributed by atoms with E-state index in [9.17, 15) is 9.59 Å². The maximum atomic E-state index is 11.8. The molecule has 0 bridgehead atoms. The van der Waals surface area contributed by atoms with E-state index < -0.39 is 24.1 Å². The van der Waals surface area contributed by atoms with Crippen LogP contribution in [0.3, 0.4) is 0 Å². The van der Waals surface area contributed by atoms with Gasteiger partial charge in [-0.2, -0.15) is 0 Å². The smallest absolute Gasteiger partial charge is 0.330 e. The number of halogens is 1. The maximum Gasteiger partial charge on any atom is 0.330 e. The average molecular weight is 563 g/mol. The molecule has 0 fully saturated rings. The van der Waals surface area contributed by atoms with Crippen LogP contribution in [0.1, 0.15) is 39.5 Å². The van der Waals surface area contributed by atoms with Crippen molar-refractivity contribution in [2.75, 3.05) is 39.6 Å². The van der Waals surface area contributed by atoms with Crippen molar-refractivity contribution in [3.63, 3.8) is 0 Å². The molecule has 0 heterocycles. The Morgan fingerprint density at radius 1 is 0.821 bits per heavy atom. The first kappa shape index (κ1) is 32.1. The van der Waals surface area contributed by atoms with Crippen LogP contribution in [-0.2, 0) is 28.5 Å². The molecule has 0 aromatic heterocycles. The minimum absolute atomic E-state index is 0.0320. The summed E-state index contributed by atoms with van der Waals surface area (Å²) in [5, 5.41) is 1.76. The third kappa shape index (κ3) is 11.3. The van der Waals surface area contributed by atoms with E-state index in [-0.39, 0.29) is 26.4 Å². The lowest BCUT2D eigenvalue weighted by atomic mass is 10.1. The fourth-order valence-electron chi connectivity index (χ4n) is 3.49. The number of hydrogen-bond acceptors (Lipinski definition) is 8. The molecule has 8 nitrogen and oxygen atoms in total. The van der Waals surface area contributed by atoms with Gasteiger partial charge in [0.1, 0.15) is 24.7 Å². The second-order valence-corrected chi connectivity index (χ2v) is 9.14. The molecule has 0 saturated heterocycles. The van der Waals surface area contributed by atoms with Crippen LogP contribution in [0.4, 0.5) is 0 Å². The van der Waals surface area contributed by atoms with Crippen LogP contribution < -0.4 is 9.47 Å². The molecular formula is C30H39ClO8. The number of unbranched alkanes of at least 4 members (excludes halogenated alkanes) is 2. The Hall–Kier alpha value is -3.07. The fraction of sp³-hybridized carbons (Fsp3) is 0.467. The van der Waals surface area contributed by atoms with E-state index in [1.807, 2.05) is 24.3 Å². The van der Waals surface area contributed by atoms with Gasteiger partial charge in [0.2, 0.25) is 0 Å². The van der Waals surface area contributed by atoms with Crippen molar-refractivity contribution < 1.29 is 38.0 Å². The largest absolute Gasteiger partial charge is 0.489 e. The number of carbonyl (C=O) groups is 2. The van der Waals surface area contributed by atoms with Crippen LogP contribution in [0.5, 0.6) is 11.5 Å². The molecule has 2 aromatic rings. The molecular weight excluding hydrogens is 524 g/mol. The Bertz CT molecular complexity index is 1070. The second-order valence-electron chi connectivity index (χ2n) is 8.74. The van der Waals surface area contributed by atoms with Crippen LogP contribution in [0.2, 0.25) is 5.02 Å². The number of fused-ring (bicyclic) bond motifs is 1. The van der Waals surface area contributed by atoms with Crippen molar-refractivity contribution >= 4 is 34.3 Å². The molecule has 0 saturated carbocycles. The summed E-state index contributed by atoms with van der Waals surface area (Å²) in [6, 6.07) is 9.10. The van der Waals surface area contributed by atoms with E-state index in [0.717, 1.165) is 43.2 Å². The molecule has 2 rings (SSSR count). The second kappa shape index (κ2) is 18.3. The predicted octanol–water partition coefficient (Wildman–Crippen LogP) is 6.08. The van der Waals surface area contributed by atoms with Crippen molar-refractivity contribution in [3.8, 4) is 11.5 Å². The molecule has 0 spiro atoms. The molecule has 0 N–H and O–H groups in total. The van der Waals surface area contributed by atoms with Crippen LogP contribution in [-0.4, -0.2) is 63.8 Å². The number of ether oxygens (including phenoxy) is 6. The van der Waals surface area contributed by atoms with Crippen LogP contribution in [0, 0.1) is 0 Å². The van der Waals surface area contributed by atoms with Gasteiger partial charge >= 0.3 is 11.9 Å². The highest BCUT2D eigenvalue weighted by Crippen LogP contribution is 2.40. The van der Waals surface area contributed by atoms with E-state index in [4.69, 9.17) is 40.0 Å². The normalized spacial score (nSPS) is 12.4. The standard InChI is InChI=1S/C30H39ClO8/c1-5-9-15-34-18-22(38-28(32)7-3)20-36-27-17-26(31)30(25-14-12-11-13-24(25)27)37-21-23(39-29(33)8-4)19-35-16-10-6-2/h7-8,11-14,17,22-23H,3-6,9-10,15-16,18-21H2,1-2H3. The van der Waals surface area contributed by atoms with Gasteiger partial charge < -0.3 is 28.4 Å². The molecule has 0 radical (unpaired) electrons. The number of carbonyl (C=O) groups excluding carboxylic acids is 2. The van der Waals surface area contributed by atoms with E-state index in [0.29, 0.717) is 35.1 Å². The summed E-state index contributed by atoms with van der Waals surface area (Å²) in [6.45, 7) is 12.6. The summed E-state index contributed by atoms with van der Waals surface area (Å²) in [4.78, 5) is 23.6. The lowest BCUT2D eigenvalue weighted by molar-refractivity contribution is -0.148. The summed E-state index contributed by atoms with van der Waals surface area (Å²) in [7, 11) is 0. The zero-order valence-corrected chi connectivity index (χ0v) is 23.6. The first-order valence-electron chi connectivity index (χ1n) is 13.2. The monoisotopic (exact) mass is 562 g/mol. The first-order valence-corrected chi connectivity index (χ1v) is 13.6. The number of esters is 2. The van der Waals surface area contributed by atoms with Crippen molar-refractivity contribution in [1.29, 1.82) is 0 Å². The van der Waals surface area contributed by atoms with Gasteiger partial charge in [0.05, 0.1) is 18.2 Å². The zero-order chi connectivity index (χ0) is 28.5. The molecule has 39 heavy (non-hydrogen) atoms. The lowest BCUT2D eigenvalue weighted by Crippen LogP contribution is -2.30. The van der Waals surface area contributed by atoms with Crippen LogP contribution >= 0.6 is 11.6 Å². The summed E-state index contributed by atoms with van der Waals surface area (Å²) in [5.41, 5.74) is 0. The van der Waals surface area contributed by atoms with E-state index in [1.54, 1.807) is 6.07 Å². The van der Waals surface area contributed by atoms with Crippen molar-refractivity contribution in [2.45, 2.75) is 51.7 Å². The van der Waals surface area contributed by atoms with E-state index in [1.165, 1.54) is 0 Å². The highest BCUT2D eigenvalue weighted by molar-refractivity contribution is 6.33. The topological polar surface area (TPSA) is 89.5 Å². The van der Waals surface area contributed by atoms with E-state index >= 15 is 0 Å². The molecule has 2 atom stereocenters. The Labute approximate surface area is 235 Å².